The van der Waals surface area contributed by atoms with Crippen LogP contribution in [0.3, 0.4) is 0 Å². The molecule has 0 saturated carbocycles. The van der Waals surface area contributed by atoms with Gasteiger partial charge in [0.2, 0.25) is 0 Å². The number of nitrogens with two attached hydrogens (primary N) is 1. The molecule has 1 spiro atoms. The van der Waals surface area contributed by atoms with Gasteiger partial charge in [-0.1, -0.05) is 48.5 Å². The third kappa shape index (κ3) is 4.26. The van der Waals surface area contributed by atoms with Gasteiger partial charge in [-0.2, -0.15) is 0 Å². The number of carbonyl (C=O) groups is 1. The molecule has 2 aliphatic rings. The molecule has 1 unspecified atom stereocenters. The minimum atomic E-state index is -0.250. The van der Waals surface area contributed by atoms with Gasteiger partial charge in [-0.05, 0) is 30.2 Å². The van der Waals surface area contributed by atoms with E-state index in [0.717, 1.165) is 30.6 Å². The maximum Gasteiger partial charge on any atom is 0.410 e. The number of fused-ring (bicyclic) bond motifs is 1. The summed E-state index contributed by atoms with van der Waals surface area (Å²) in [5.74, 6) is 1.26. The number of likely N-dealkylation sites (tertiary alicyclic amines) is 1. The van der Waals surface area contributed by atoms with E-state index in [1.807, 2.05) is 48.5 Å². The number of para-hydroxylation sites is 1. The van der Waals surface area contributed by atoms with Crippen LogP contribution in [0.5, 0.6) is 5.75 Å². The molecule has 2 N–H and O–H groups in total. The van der Waals surface area contributed by atoms with Crippen molar-refractivity contribution in [3.05, 3.63) is 65.7 Å². The molecular weight excluding hydrogens is 376 g/mol. The Morgan fingerprint density at radius 3 is 2.50 bits per heavy atom. The molecule has 2 aromatic carbocycles. The van der Waals surface area contributed by atoms with Crippen molar-refractivity contribution in [1.82, 2.24) is 4.90 Å². The third-order valence-corrected chi connectivity index (χ3v) is 5.73. The fourth-order valence-corrected chi connectivity index (χ4v) is 4.17. The summed E-state index contributed by atoms with van der Waals surface area (Å²) in [5, 5.41) is 0. The Bertz CT molecular complexity index is 791. The van der Waals surface area contributed by atoms with Gasteiger partial charge in [0.25, 0.3) is 0 Å². The highest BCUT2D eigenvalue weighted by atomic mass is 35.5. The van der Waals surface area contributed by atoms with Crippen molar-refractivity contribution in [2.75, 3.05) is 19.6 Å². The number of carbonyl (C=O) groups excluding carboxylic acids is 1. The van der Waals surface area contributed by atoms with Gasteiger partial charge in [-0.15, -0.1) is 12.4 Å². The van der Waals surface area contributed by atoms with Gasteiger partial charge in [0, 0.05) is 31.8 Å². The highest BCUT2D eigenvalue weighted by Crippen LogP contribution is 2.44. The molecule has 2 heterocycles. The lowest BCUT2D eigenvalue weighted by molar-refractivity contribution is -0.0214. The summed E-state index contributed by atoms with van der Waals surface area (Å²) < 4.78 is 11.9. The SMILES string of the molecule is Cl.NCC1CC2(CCN(C(=O)OCc3ccccc3)CC2)Oc2ccccc21. The lowest BCUT2D eigenvalue weighted by atomic mass is 9.77. The van der Waals surface area contributed by atoms with Crippen molar-refractivity contribution in [2.24, 2.45) is 5.73 Å². The van der Waals surface area contributed by atoms with Crippen LogP contribution in [0, 0.1) is 0 Å². The lowest BCUT2D eigenvalue weighted by Crippen LogP contribution is -2.52. The third-order valence-electron chi connectivity index (χ3n) is 5.73. The standard InChI is InChI=1S/C22H26N2O3.ClH/c23-15-18-14-22(27-20-9-5-4-8-19(18)20)10-12-24(13-11-22)21(25)26-16-17-6-2-1-3-7-17;/h1-9,18H,10-16,23H2;1H. The summed E-state index contributed by atoms with van der Waals surface area (Å²) in [6.07, 6.45) is 2.27. The average molecular weight is 403 g/mol. The summed E-state index contributed by atoms with van der Waals surface area (Å²) in [6, 6.07) is 17.9. The Morgan fingerprint density at radius 2 is 1.79 bits per heavy atom. The second-order valence-electron chi connectivity index (χ2n) is 7.49. The van der Waals surface area contributed by atoms with Crippen LogP contribution in [0.25, 0.3) is 0 Å². The first-order valence-electron chi connectivity index (χ1n) is 9.63. The molecule has 0 radical (unpaired) electrons. The van der Waals surface area contributed by atoms with E-state index >= 15 is 0 Å². The first-order chi connectivity index (χ1) is 13.2. The predicted octanol–water partition coefficient (Wildman–Crippen LogP) is 4.10. The fraction of sp³-hybridized carbons (Fsp3) is 0.409. The number of hydrogen-bond donors (Lipinski definition) is 1. The fourth-order valence-electron chi connectivity index (χ4n) is 4.17. The molecule has 2 aliphatic heterocycles. The molecule has 4 rings (SSSR count). The summed E-state index contributed by atoms with van der Waals surface area (Å²) in [7, 11) is 0. The van der Waals surface area contributed by atoms with E-state index < -0.39 is 0 Å². The van der Waals surface area contributed by atoms with E-state index in [1.165, 1.54) is 5.56 Å². The Balaban J connectivity index is 0.00000225. The predicted molar refractivity (Wildman–Crippen MR) is 111 cm³/mol. The zero-order chi connectivity index (χ0) is 18.7. The van der Waals surface area contributed by atoms with Gasteiger partial charge in [-0.3, -0.25) is 0 Å². The normalized spacial score (nSPS) is 19.9. The van der Waals surface area contributed by atoms with Crippen molar-refractivity contribution >= 4 is 18.5 Å². The van der Waals surface area contributed by atoms with E-state index in [9.17, 15) is 4.79 Å². The summed E-state index contributed by atoms with van der Waals surface area (Å²) >= 11 is 0. The summed E-state index contributed by atoms with van der Waals surface area (Å²) in [5.41, 5.74) is 8.01. The van der Waals surface area contributed by atoms with E-state index in [4.69, 9.17) is 15.2 Å². The summed E-state index contributed by atoms with van der Waals surface area (Å²) in [4.78, 5) is 14.2. The number of hydrogen-bond acceptors (Lipinski definition) is 4. The number of ether oxygens (including phenoxy) is 2. The number of benzene rings is 2. The molecule has 150 valence electrons. The summed E-state index contributed by atoms with van der Waals surface area (Å²) in [6.45, 7) is 2.21. The Morgan fingerprint density at radius 1 is 1.11 bits per heavy atom. The molecule has 0 aromatic heterocycles. The van der Waals surface area contributed by atoms with Gasteiger partial charge in [-0.25, -0.2) is 4.79 Å². The molecule has 1 amide bonds. The number of halogens is 1. The minimum absolute atomic E-state index is 0. The molecule has 28 heavy (non-hydrogen) atoms. The molecule has 1 atom stereocenters. The molecule has 1 fully saturated rings. The van der Waals surface area contributed by atoms with Gasteiger partial charge < -0.3 is 20.1 Å². The topological polar surface area (TPSA) is 64.8 Å². The van der Waals surface area contributed by atoms with Crippen LogP contribution < -0.4 is 10.5 Å². The van der Waals surface area contributed by atoms with E-state index in [0.29, 0.717) is 32.2 Å². The van der Waals surface area contributed by atoms with E-state index in [1.54, 1.807) is 4.90 Å². The molecule has 0 aliphatic carbocycles. The zero-order valence-corrected chi connectivity index (χ0v) is 16.7. The van der Waals surface area contributed by atoms with Crippen molar-refractivity contribution in [2.45, 2.75) is 37.4 Å². The number of amides is 1. The molecule has 1 saturated heterocycles. The quantitative estimate of drug-likeness (QED) is 0.839. The Labute approximate surface area is 172 Å². The van der Waals surface area contributed by atoms with Gasteiger partial charge in [0.1, 0.15) is 18.0 Å². The highest BCUT2D eigenvalue weighted by Gasteiger charge is 2.43. The minimum Gasteiger partial charge on any atom is -0.487 e. The molecule has 0 bridgehead atoms. The van der Waals surface area contributed by atoms with Crippen LogP contribution in [-0.2, 0) is 11.3 Å². The number of rotatable bonds is 3. The maximum atomic E-state index is 12.4. The van der Waals surface area contributed by atoms with Crippen LogP contribution in [0.1, 0.15) is 36.3 Å². The van der Waals surface area contributed by atoms with Crippen molar-refractivity contribution in [1.29, 1.82) is 0 Å². The molecule has 6 heteroatoms. The van der Waals surface area contributed by atoms with Crippen molar-refractivity contribution in [3.63, 3.8) is 0 Å². The average Bonchev–Trinajstić information content (AvgIpc) is 2.72. The Hall–Kier alpha value is -2.24. The van der Waals surface area contributed by atoms with Crippen molar-refractivity contribution < 1.29 is 14.3 Å². The number of piperidine rings is 1. The molecule has 2 aromatic rings. The van der Waals surface area contributed by atoms with Crippen molar-refractivity contribution in [3.8, 4) is 5.75 Å². The van der Waals surface area contributed by atoms with Crippen LogP contribution in [0.15, 0.2) is 54.6 Å². The van der Waals surface area contributed by atoms with Crippen LogP contribution in [0.4, 0.5) is 4.79 Å². The van der Waals surface area contributed by atoms with E-state index in [2.05, 4.69) is 6.07 Å². The van der Waals surface area contributed by atoms with Gasteiger partial charge in [0.15, 0.2) is 0 Å². The molecular formula is C22H27ClN2O3. The smallest absolute Gasteiger partial charge is 0.410 e. The van der Waals surface area contributed by atoms with Gasteiger partial charge in [0.05, 0.1) is 0 Å². The van der Waals surface area contributed by atoms with Crippen LogP contribution in [-0.4, -0.2) is 36.2 Å². The second kappa shape index (κ2) is 8.84. The highest BCUT2D eigenvalue weighted by molar-refractivity contribution is 5.85. The van der Waals surface area contributed by atoms with Crippen LogP contribution >= 0.6 is 12.4 Å². The largest absolute Gasteiger partial charge is 0.487 e. The van der Waals surface area contributed by atoms with Gasteiger partial charge >= 0.3 is 6.09 Å². The monoisotopic (exact) mass is 402 g/mol. The zero-order valence-electron chi connectivity index (χ0n) is 15.9. The first kappa shape index (κ1) is 20.5. The maximum absolute atomic E-state index is 12.4. The molecule has 5 nitrogen and oxygen atoms in total. The van der Waals surface area contributed by atoms with Crippen LogP contribution in [0.2, 0.25) is 0 Å². The first-order valence-corrected chi connectivity index (χ1v) is 9.63. The Kier molecular flexibility index (Phi) is 6.47. The number of nitrogens with zero attached hydrogens (tertiary/aromatic N) is 1. The lowest BCUT2D eigenvalue weighted by Gasteiger charge is -2.46. The second-order valence-corrected chi connectivity index (χ2v) is 7.49. The van der Waals surface area contributed by atoms with E-state index in [-0.39, 0.29) is 24.1 Å².